The zero-order valence-corrected chi connectivity index (χ0v) is 17.7. The summed E-state index contributed by atoms with van der Waals surface area (Å²) < 4.78 is 24.0. The number of rotatable bonds is 5. The molecular formula is C21H31N3O4S. The van der Waals surface area contributed by atoms with Crippen LogP contribution in [0.2, 0.25) is 0 Å². The van der Waals surface area contributed by atoms with Gasteiger partial charge in [0, 0.05) is 44.0 Å². The number of carbonyl (C=O) groups is 1. The minimum Gasteiger partial charge on any atom is -0.508 e. The molecule has 3 fully saturated rings. The largest absolute Gasteiger partial charge is 0.508 e. The number of sulfone groups is 1. The van der Waals surface area contributed by atoms with Crippen molar-refractivity contribution in [3.63, 3.8) is 0 Å². The van der Waals surface area contributed by atoms with Crippen molar-refractivity contribution < 1.29 is 18.3 Å². The van der Waals surface area contributed by atoms with Crippen LogP contribution < -0.4 is 4.90 Å². The van der Waals surface area contributed by atoms with E-state index in [-0.39, 0.29) is 35.2 Å². The second kappa shape index (κ2) is 8.52. The highest BCUT2D eigenvalue weighted by Gasteiger charge is 2.39. The lowest BCUT2D eigenvalue weighted by Gasteiger charge is -2.39. The number of amides is 1. The molecule has 7 nitrogen and oxygen atoms in total. The van der Waals surface area contributed by atoms with Gasteiger partial charge in [0.05, 0.1) is 18.1 Å². The molecule has 8 heteroatoms. The lowest BCUT2D eigenvalue weighted by Crippen LogP contribution is -2.54. The first kappa shape index (κ1) is 20.5. The molecule has 1 aliphatic carbocycles. The van der Waals surface area contributed by atoms with Gasteiger partial charge >= 0.3 is 0 Å². The topological polar surface area (TPSA) is 81.2 Å². The van der Waals surface area contributed by atoms with E-state index >= 15 is 0 Å². The maximum absolute atomic E-state index is 13.2. The molecule has 1 N–H and O–H groups in total. The Labute approximate surface area is 173 Å². The second-order valence-corrected chi connectivity index (χ2v) is 10.8. The Kier molecular flexibility index (Phi) is 6.01. The van der Waals surface area contributed by atoms with Gasteiger partial charge in [-0.25, -0.2) is 8.42 Å². The normalized spacial score (nSPS) is 25.4. The molecule has 29 heavy (non-hydrogen) atoms. The number of phenolic OH excluding ortho intramolecular Hbond substituents is 1. The van der Waals surface area contributed by atoms with Crippen LogP contribution in [-0.4, -0.2) is 85.5 Å². The lowest BCUT2D eigenvalue weighted by molar-refractivity contribution is -0.137. The molecular weight excluding hydrogens is 390 g/mol. The molecule has 0 aromatic heterocycles. The van der Waals surface area contributed by atoms with Crippen molar-refractivity contribution in [1.82, 2.24) is 9.80 Å². The summed E-state index contributed by atoms with van der Waals surface area (Å²) in [5.41, 5.74) is 1.08. The van der Waals surface area contributed by atoms with Crippen LogP contribution in [0.25, 0.3) is 0 Å². The van der Waals surface area contributed by atoms with Crippen LogP contribution in [0.4, 0.5) is 5.69 Å². The van der Waals surface area contributed by atoms with Crippen LogP contribution in [0.1, 0.15) is 32.1 Å². The van der Waals surface area contributed by atoms with Gasteiger partial charge in [-0.3, -0.25) is 9.69 Å². The van der Waals surface area contributed by atoms with Gasteiger partial charge in [0.2, 0.25) is 5.91 Å². The van der Waals surface area contributed by atoms with Crippen molar-refractivity contribution in [2.24, 2.45) is 0 Å². The van der Waals surface area contributed by atoms with E-state index < -0.39 is 9.84 Å². The number of phenols is 1. The molecule has 0 radical (unpaired) electrons. The van der Waals surface area contributed by atoms with Gasteiger partial charge in [0.25, 0.3) is 0 Å². The molecule has 2 saturated heterocycles. The Morgan fingerprint density at radius 2 is 1.66 bits per heavy atom. The summed E-state index contributed by atoms with van der Waals surface area (Å²) in [5, 5.41) is 9.45. The molecule has 1 saturated carbocycles. The third-order valence-corrected chi connectivity index (χ3v) is 8.30. The number of hydrogen-bond donors (Lipinski definition) is 1. The zero-order valence-electron chi connectivity index (χ0n) is 16.9. The van der Waals surface area contributed by atoms with Crippen LogP contribution in [0.15, 0.2) is 24.3 Å². The van der Waals surface area contributed by atoms with Crippen molar-refractivity contribution in [2.75, 3.05) is 49.1 Å². The average molecular weight is 422 g/mol. The highest BCUT2D eigenvalue weighted by atomic mass is 32.2. The van der Waals surface area contributed by atoms with Gasteiger partial charge in [0.1, 0.15) is 5.75 Å². The monoisotopic (exact) mass is 421 g/mol. The third kappa shape index (κ3) is 4.86. The summed E-state index contributed by atoms with van der Waals surface area (Å²) in [5.74, 6) is 0.694. The molecule has 0 spiro atoms. The molecule has 0 bridgehead atoms. The number of benzene rings is 1. The Bertz CT molecular complexity index is 813. The Morgan fingerprint density at radius 1 is 1.00 bits per heavy atom. The first-order valence-corrected chi connectivity index (χ1v) is 12.5. The molecule has 3 aliphatic rings. The van der Waals surface area contributed by atoms with Gasteiger partial charge in [-0.05, 0) is 43.5 Å². The standard InChI is InChI=1S/C21H31N3O4S/c25-20-7-5-17(6-8-20)23-12-10-22(11-13-23)15-21(26)24(18-3-1-2-4-18)19-9-14-29(27,28)16-19/h5-8,18-19,25H,1-4,9-16H2/t19-/m1/s1. The Balaban J connectivity index is 1.36. The highest BCUT2D eigenvalue weighted by molar-refractivity contribution is 7.91. The van der Waals surface area contributed by atoms with Crippen molar-refractivity contribution in [1.29, 1.82) is 0 Å². The molecule has 2 aliphatic heterocycles. The van der Waals surface area contributed by atoms with E-state index in [9.17, 15) is 18.3 Å². The maximum Gasteiger partial charge on any atom is 0.237 e. The summed E-state index contributed by atoms with van der Waals surface area (Å²) in [7, 11) is -3.01. The molecule has 1 amide bonds. The SMILES string of the molecule is O=C(CN1CCN(c2ccc(O)cc2)CC1)N(C1CCCC1)[C@@H]1CCS(=O)(=O)C1. The fourth-order valence-corrected chi connectivity index (χ4v) is 6.69. The van der Waals surface area contributed by atoms with Gasteiger partial charge in [-0.1, -0.05) is 12.8 Å². The van der Waals surface area contributed by atoms with E-state index in [1.54, 1.807) is 12.1 Å². The predicted octanol–water partition coefficient (Wildman–Crippen LogP) is 1.47. The first-order valence-electron chi connectivity index (χ1n) is 10.7. The number of carbonyl (C=O) groups excluding carboxylic acids is 1. The highest BCUT2D eigenvalue weighted by Crippen LogP contribution is 2.29. The van der Waals surface area contributed by atoms with Crippen molar-refractivity contribution in [3.05, 3.63) is 24.3 Å². The van der Waals surface area contributed by atoms with E-state index in [2.05, 4.69) is 9.80 Å². The number of aromatic hydroxyl groups is 1. The Hall–Kier alpha value is -1.80. The molecule has 160 valence electrons. The molecule has 1 aromatic carbocycles. The second-order valence-electron chi connectivity index (χ2n) is 8.58. The van der Waals surface area contributed by atoms with E-state index in [0.717, 1.165) is 57.5 Å². The average Bonchev–Trinajstić information content (AvgIpc) is 3.33. The molecule has 0 unspecified atom stereocenters. The van der Waals surface area contributed by atoms with Crippen molar-refractivity contribution in [2.45, 2.75) is 44.2 Å². The summed E-state index contributed by atoms with van der Waals surface area (Å²) in [6, 6.07) is 7.28. The number of nitrogens with zero attached hydrogens (tertiary/aromatic N) is 3. The van der Waals surface area contributed by atoms with Gasteiger partial charge in [0.15, 0.2) is 9.84 Å². The van der Waals surface area contributed by atoms with Gasteiger partial charge in [-0.15, -0.1) is 0 Å². The molecule has 4 rings (SSSR count). The van der Waals surface area contributed by atoms with E-state index in [4.69, 9.17) is 0 Å². The number of anilines is 1. The number of hydrogen-bond acceptors (Lipinski definition) is 6. The predicted molar refractivity (Wildman–Crippen MR) is 113 cm³/mol. The first-order chi connectivity index (χ1) is 13.9. The molecule has 1 atom stereocenters. The van der Waals surface area contributed by atoms with Crippen molar-refractivity contribution in [3.8, 4) is 5.75 Å². The Morgan fingerprint density at radius 3 is 2.24 bits per heavy atom. The quantitative estimate of drug-likeness (QED) is 0.776. The van der Waals surface area contributed by atoms with E-state index in [1.165, 1.54) is 0 Å². The van der Waals surface area contributed by atoms with Crippen LogP contribution in [0.5, 0.6) is 5.75 Å². The zero-order chi connectivity index (χ0) is 20.4. The fourth-order valence-electron chi connectivity index (χ4n) is 4.98. The fraction of sp³-hybridized carbons (Fsp3) is 0.667. The lowest BCUT2D eigenvalue weighted by atomic mass is 10.1. The summed E-state index contributed by atoms with van der Waals surface area (Å²) >= 11 is 0. The van der Waals surface area contributed by atoms with Gasteiger partial charge < -0.3 is 14.9 Å². The van der Waals surface area contributed by atoms with Gasteiger partial charge in [-0.2, -0.15) is 0 Å². The van der Waals surface area contributed by atoms with Crippen LogP contribution in [0, 0.1) is 0 Å². The summed E-state index contributed by atoms with van der Waals surface area (Å²) in [6.07, 6.45) is 4.82. The number of piperazine rings is 1. The minimum absolute atomic E-state index is 0.0945. The third-order valence-electron chi connectivity index (χ3n) is 6.55. The van der Waals surface area contributed by atoms with Crippen LogP contribution in [0.3, 0.4) is 0 Å². The van der Waals surface area contributed by atoms with E-state index in [0.29, 0.717) is 13.0 Å². The molecule has 1 aromatic rings. The van der Waals surface area contributed by atoms with Crippen molar-refractivity contribution >= 4 is 21.4 Å². The smallest absolute Gasteiger partial charge is 0.237 e. The molecule has 2 heterocycles. The summed E-state index contributed by atoms with van der Waals surface area (Å²) in [6.45, 7) is 3.64. The maximum atomic E-state index is 13.2. The van der Waals surface area contributed by atoms with E-state index in [1.807, 2.05) is 17.0 Å². The van der Waals surface area contributed by atoms with Crippen LogP contribution in [-0.2, 0) is 14.6 Å². The minimum atomic E-state index is -3.01. The summed E-state index contributed by atoms with van der Waals surface area (Å²) in [4.78, 5) is 19.6. The van der Waals surface area contributed by atoms with Crippen LogP contribution >= 0.6 is 0 Å².